The number of ether oxygens (including phenoxy) is 1. The van der Waals surface area contributed by atoms with Crippen LogP contribution in [0.2, 0.25) is 0 Å². The third-order valence-corrected chi connectivity index (χ3v) is 11.0. The summed E-state index contributed by atoms with van der Waals surface area (Å²) in [5.41, 5.74) is 6.44. The van der Waals surface area contributed by atoms with Crippen LogP contribution in [0, 0.1) is 5.92 Å². The lowest BCUT2D eigenvalue weighted by Crippen LogP contribution is -2.52. The molecule has 2 aromatic heterocycles. The summed E-state index contributed by atoms with van der Waals surface area (Å²) in [5, 5.41) is 27.9. The maximum Gasteiger partial charge on any atom is 0.419 e. The Morgan fingerprint density at radius 3 is 2.55 bits per heavy atom. The van der Waals surface area contributed by atoms with Gasteiger partial charge in [-0.2, -0.15) is 0 Å². The van der Waals surface area contributed by atoms with E-state index in [1.54, 1.807) is 16.7 Å². The number of rotatable bonds is 13. The van der Waals surface area contributed by atoms with Crippen LogP contribution in [0.15, 0.2) is 105 Å². The number of fused-ring (bicyclic) bond motifs is 5. The molecule has 6 aromatic rings. The highest BCUT2D eigenvalue weighted by molar-refractivity contribution is 5.92. The van der Waals surface area contributed by atoms with Crippen LogP contribution in [0.5, 0.6) is 5.75 Å². The maximum atomic E-state index is 13.2. The Bertz CT molecular complexity index is 2430. The second-order valence-corrected chi connectivity index (χ2v) is 14.6. The molecule has 0 spiro atoms. The van der Waals surface area contributed by atoms with Gasteiger partial charge in [-0.1, -0.05) is 54.6 Å². The van der Waals surface area contributed by atoms with Crippen molar-refractivity contribution in [1.29, 1.82) is 0 Å². The molecule has 12 nitrogen and oxygen atoms in total. The molecule has 0 aliphatic carbocycles. The molecule has 4 aromatic carbocycles. The number of H-pyrrole nitrogens is 1. The van der Waals surface area contributed by atoms with E-state index in [1.807, 2.05) is 60.7 Å². The van der Waals surface area contributed by atoms with Crippen LogP contribution >= 0.6 is 0 Å². The van der Waals surface area contributed by atoms with Gasteiger partial charge in [0.1, 0.15) is 11.9 Å². The number of phenolic OH excluding ortho intramolecular Hbond substituents is 1. The number of amides is 1. The lowest BCUT2D eigenvalue weighted by atomic mass is 9.86. The number of aryl methyl sites for hydroxylation is 2. The van der Waals surface area contributed by atoms with Crippen molar-refractivity contribution in [1.82, 2.24) is 19.8 Å². The SMILES string of the molecule is O=C(Nc1cc(CCCn2c(=O)oc3cc(CCNC[C@H](O)c4ccc(O)c5[nH]c(=O)ccc45)ccc32)ccc1-c1ccccc1)O[C@H]1CN2CCC1CC2. The number of aromatic amines is 1. The maximum absolute atomic E-state index is 13.2. The number of nitrogens with zero attached hydrogens (tertiary/aromatic N) is 2. The number of hydrogen-bond donors (Lipinski definition) is 5. The summed E-state index contributed by atoms with van der Waals surface area (Å²) in [4.78, 5) is 42.8. The van der Waals surface area contributed by atoms with Crippen molar-refractivity contribution in [3.63, 3.8) is 0 Å². The van der Waals surface area contributed by atoms with Crippen LogP contribution in [0.1, 0.15) is 42.1 Å². The van der Waals surface area contributed by atoms with Gasteiger partial charge in [0.05, 0.1) is 22.8 Å². The first-order valence-corrected chi connectivity index (χ1v) is 19.0. The molecule has 0 saturated carbocycles. The molecule has 5 heterocycles. The Morgan fingerprint density at radius 1 is 0.945 bits per heavy atom. The van der Waals surface area contributed by atoms with Gasteiger partial charge >= 0.3 is 11.8 Å². The van der Waals surface area contributed by atoms with E-state index in [1.165, 1.54) is 12.1 Å². The van der Waals surface area contributed by atoms with Crippen LogP contribution < -0.4 is 21.9 Å². The van der Waals surface area contributed by atoms with E-state index in [9.17, 15) is 24.6 Å². The molecule has 2 bridgehead atoms. The van der Waals surface area contributed by atoms with E-state index in [2.05, 4.69) is 26.6 Å². The Morgan fingerprint density at radius 2 is 1.75 bits per heavy atom. The topological polar surface area (TPSA) is 162 Å². The number of aromatic hydroxyl groups is 1. The van der Waals surface area contributed by atoms with E-state index >= 15 is 0 Å². The molecule has 0 unspecified atom stereocenters. The number of aliphatic hydroxyl groups is 1. The van der Waals surface area contributed by atoms with Crippen molar-refractivity contribution in [3.05, 3.63) is 129 Å². The standard InChI is InChI=1S/C43H45N5O7/c49-36-14-11-32(33-12-15-40(51)46-41(33)36)37(50)25-44-19-16-28-9-13-35-38(24-28)55-43(53)48(35)20-4-5-27-8-10-31(29-6-2-1-3-7-29)34(23-27)45-42(52)54-39-26-47-21-17-30(39)18-22-47/h1-3,6-15,23-24,30,37,39,44,49-50H,4-5,16-22,25-26H2,(H,45,52)(H,46,51)/t37-,39-/m0/s1. The summed E-state index contributed by atoms with van der Waals surface area (Å²) < 4.78 is 13.3. The van der Waals surface area contributed by atoms with Gasteiger partial charge in [0.25, 0.3) is 0 Å². The van der Waals surface area contributed by atoms with E-state index in [0.717, 1.165) is 60.2 Å². The van der Waals surface area contributed by atoms with Gasteiger partial charge in [0, 0.05) is 36.7 Å². The Hall–Kier alpha value is -5.69. The molecule has 3 saturated heterocycles. The molecule has 3 aliphatic rings. The number of carbonyl (C=O) groups is 1. The first-order chi connectivity index (χ1) is 26.8. The summed E-state index contributed by atoms with van der Waals surface area (Å²) in [6, 6.07) is 27.9. The molecule has 9 rings (SSSR count). The minimum absolute atomic E-state index is 0.0532. The monoisotopic (exact) mass is 743 g/mol. The van der Waals surface area contributed by atoms with E-state index in [0.29, 0.717) is 66.0 Å². The molecule has 3 aliphatic heterocycles. The number of aromatic nitrogens is 2. The molecule has 0 radical (unpaired) electrons. The Balaban J connectivity index is 0.877. The van der Waals surface area contributed by atoms with Crippen LogP contribution in [-0.4, -0.2) is 69.6 Å². The second-order valence-electron chi connectivity index (χ2n) is 14.6. The summed E-state index contributed by atoms with van der Waals surface area (Å²) in [6.07, 6.45) is 2.77. The highest BCUT2D eigenvalue weighted by Gasteiger charge is 2.36. The number of pyridine rings is 1. The molecule has 2 atom stereocenters. The Kier molecular flexibility index (Phi) is 10.5. The number of oxazole rings is 1. The summed E-state index contributed by atoms with van der Waals surface area (Å²) in [6.45, 7) is 4.25. The van der Waals surface area contributed by atoms with Gasteiger partial charge in [-0.25, -0.2) is 9.59 Å². The van der Waals surface area contributed by atoms with Gasteiger partial charge in [0.2, 0.25) is 5.56 Å². The lowest BCUT2D eigenvalue weighted by Gasteiger charge is -2.43. The minimum atomic E-state index is -0.857. The smallest absolute Gasteiger partial charge is 0.419 e. The normalized spacial score (nSPS) is 18.5. The Labute approximate surface area is 317 Å². The third kappa shape index (κ3) is 8.07. The van der Waals surface area contributed by atoms with Gasteiger partial charge in [-0.15, -0.1) is 0 Å². The van der Waals surface area contributed by atoms with Crippen molar-refractivity contribution in [2.75, 3.05) is 38.0 Å². The molecule has 284 valence electrons. The number of aliphatic hydroxyl groups excluding tert-OH is 1. The number of hydrogen-bond acceptors (Lipinski definition) is 9. The zero-order valence-electron chi connectivity index (χ0n) is 30.5. The van der Waals surface area contributed by atoms with Gasteiger partial charge in [0.15, 0.2) is 5.58 Å². The number of anilines is 1. The zero-order valence-corrected chi connectivity index (χ0v) is 30.5. The highest BCUT2D eigenvalue weighted by atomic mass is 16.6. The molecular weight excluding hydrogens is 699 g/mol. The van der Waals surface area contributed by atoms with Crippen LogP contribution in [-0.2, 0) is 24.1 Å². The van der Waals surface area contributed by atoms with Crippen molar-refractivity contribution in [2.45, 2.75) is 50.9 Å². The fourth-order valence-electron chi connectivity index (χ4n) is 8.09. The first kappa shape index (κ1) is 36.3. The van der Waals surface area contributed by atoms with Crippen LogP contribution in [0.25, 0.3) is 33.1 Å². The van der Waals surface area contributed by atoms with Crippen molar-refractivity contribution < 1.29 is 24.2 Å². The van der Waals surface area contributed by atoms with Crippen LogP contribution in [0.4, 0.5) is 10.5 Å². The van der Waals surface area contributed by atoms with Gasteiger partial charge in [-0.3, -0.25) is 19.6 Å². The van der Waals surface area contributed by atoms with Gasteiger partial charge < -0.3 is 29.7 Å². The number of nitrogens with one attached hydrogen (secondary N) is 3. The van der Waals surface area contributed by atoms with Crippen LogP contribution in [0.3, 0.4) is 0 Å². The number of benzene rings is 4. The number of piperidine rings is 3. The quantitative estimate of drug-likeness (QED) is 0.0901. The molecule has 55 heavy (non-hydrogen) atoms. The van der Waals surface area contributed by atoms with Crippen molar-refractivity contribution in [2.24, 2.45) is 5.92 Å². The molecule has 12 heteroatoms. The second kappa shape index (κ2) is 16.0. The van der Waals surface area contributed by atoms with Crippen molar-refractivity contribution >= 4 is 33.8 Å². The summed E-state index contributed by atoms with van der Waals surface area (Å²) >= 11 is 0. The van der Waals surface area contributed by atoms with E-state index in [4.69, 9.17) is 9.15 Å². The molecular formula is C43H45N5O7. The zero-order chi connectivity index (χ0) is 37.9. The van der Waals surface area contributed by atoms with Crippen molar-refractivity contribution in [3.8, 4) is 16.9 Å². The first-order valence-electron chi connectivity index (χ1n) is 19.0. The van der Waals surface area contributed by atoms with Gasteiger partial charge in [-0.05, 0) is 110 Å². The lowest BCUT2D eigenvalue weighted by molar-refractivity contribution is -0.0289. The van der Waals surface area contributed by atoms with E-state index < -0.39 is 18.0 Å². The largest absolute Gasteiger partial charge is 0.506 e. The summed E-state index contributed by atoms with van der Waals surface area (Å²) in [5.74, 6) is -0.0430. The summed E-state index contributed by atoms with van der Waals surface area (Å²) in [7, 11) is 0. The molecule has 5 N–H and O–H groups in total. The predicted octanol–water partition coefficient (Wildman–Crippen LogP) is 5.95. The average Bonchev–Trinajstić information content (AvgIpc) is 3.51. The number of phenols is 1. The molecule has 1 amide bonds. The highest BCUT2D eigenvalue weighted by Crippen LogP contribution is 2.33. The average molecular weight is 744 g/mol. The van der Waals surface area contributed by atoms with E-state index in [-0.39, 0.29) is 24.0 Å². The predicted molar refractivity (Wildman–Crippen MR) is 211 cm³/mol. The minimum Gasteiger partial charge on any atom is -0.506 e. The third-order valence-electron chi connectivity index (χ3n) is 11.0. The molecule has 3 fully saturated rings. The fraction of sp³-hybridized carbons (Fsp3) is 0.326. The number of carbonyl (C=O) groups excluding carboxylic acids is 1. The fourth-order valence-corrected chi connectivity index (χ4v) is 8.09.